The molecule has 2 saturated heterocycles. The Labute approximate surface area is 128 Å². The van der Waals surface area contributed by atoms with Gasteiger partial charge in [-0.15, -0.1) is 0 Å². The van der Waals surface area contributed by atoms with E-state index in [2.05, 4.69) is 10.2 Å². The molecule has 2 aliphatic rings. The summed E-state index contributed by atoms with van der Waals surface area (Å²) < 4.78 is 0. The fraction of sp³-hybridized carbons (Fsp3) is 0.500. The van der Waals surface area contributed by atoms with Crippen molar-refractivity contribution in [3.05, 3.63) is 33.8 Å². The predicted molar refractivity (Wildman–Crippen MR) is 80.6 cm³/mol. The number of rotatable bonds is 2. The maximum atomic E-state index is 12.5. The average molecular weight is 314 g/mol. The second-order valence-electron chi connectivity index (χ2n) is 5.26. The summed E-state index contributed by atoms with van der Waals surface area (Å²) in [4.78, 5) is 16.8. The smallest absolute Gasteiger partial charge is 0.255 e. The highest BCUT2D eigenvalue weighted by Gasteiger charge is 2.29. The van der Waals surface area contributed by atoms with Gasteiger partial charge in [-0.2, -0.15) is 0 Å². The van der Waals surface area contributed by atoms with Gasteiger partial charge in [0, 0.05) is 50.3 Å². The zero-order chi connectivity index (χ0) is 14.1. The highest BCUT2D eigenvalue weighted by atomic mass is 35.5. The first-order valence-corrected chi connectivity index (χ1v) is 7.60. The minimum absolute atomic E-state index is 0.0242. The Morgan fingerprint density at radius 1 is 1.15 bits per heavy atom. The van der Waals surface area contributed by atoms with Gasteiger partial charge >= 0.3 is 0 Å². The van der Waals surface area contributed by atoms with Gasteiger partial charge in [-0.25, -0.2) is 0 Å². The summed E-state index contributed by atoms with van der Waals surface area (Å²) >= 11 is 12.0. The van der Waals surface area contributed by atoms with Crippen molar-refractivity contribution in [1.82, 2.24) is 15.1 Å². The Kier molecular flexibility index (Phi) is 4.17. The number of nitrogens with zero attached hydrogens (tertiary/aromatic N) is 2. The van der Waals surface area contributed by atoms with Crippen LogP contribution in [0.4, 0.5) is 0 Å². The standard InChI is InChI=1S/C14H17Cl2N3O/c15-10-1-2-13(16)12(7-10)14(20)19-5-3-18(4-6-19)11-8-17-9-11/h1-2,7,11,17H,3-6,8-9H2. The number of piperazine rings is 1. The summed E-state index contributed by atoms with van der Waals surface area (Å²) in [7, 11) is 0. The van der Waals surface area contributed by atoms with Crippen LogP contribution in [0.25, 0.3) is 0 Å². The highest BCUT2D eigenvalue weighted by molar-refractivity contribution is 6.35. The van der Waals surface area contributed by atoms with Crippen LogP contribution in [0.3, 0.4) is 0 Å². The molecule has 20 heavy (non-hydrogen) atoms. The highest BCUT2D eigenvalue weighted by Crippen LogP contribution is 2.23. The first-order valence-electron chi connectivity index (χ1n) is 6.84. The van der Waals surface area contributed by atoms with Crippen molar-refractivity contribution >= 4 is 29.1 Å². The second-order valence-corrected chi connectivity index (χ2v) is 6.11. The van der Waals surface area contributed by atoms with Crippen LogP contribution in [0, 0.1) is 0 Å². The van der Waals surface area contributed by atoms with Gasteiger partial charge in [0.25, 0.3) is 5.91 Å². The lowest BCUT2D eigenvalue weighted by Crippen LogP contribution is -2.62. The minimum Gasteiger partial charge on any atom is -0.336 e. The van der Waals surface area contributed by atoms with Crippen LogP contribution >= 0.6 is 23.2 Å². The summed E-state index contributed by atoms with van der Waals surface area (Å²) in [6, 6.07) is 5.66. The summed E-state index contributed by atoms with van der Waals surface area (Å²) in [5.41, 5.74) is 0.498. The molecule has 1 aromatic rings. The topological polar surface area (TPSA) is 35.6 Å². The third kappa shape index (κ3) is 2.79. The Bertz CT molecular complexity index is 511. The molecular formula is C14H17Cl2N3O. The van der Waals surface area contributed by atoms with Crippen molar-refractivity contribution in [2.75, 3.05) is 39.3 Å². The van der Waals surface area contributed by atoms with E-state index in [1.54, 1.807) is 18.2 Å². The molecule has 0 atom stereocenters. The van der Waals surface area contributed by atoms with Gasteiger partial charge in [-0.05, 0) is 18.2 Å². The molecular weight excluding hydrogens is 297 g/mol. The molecule has 1 aromatic carbocycles. The van der Waals surface area contributed by atoms with Gasteiger partial charge in [0.05, 0.1) is 10.6 Å². The number of hydrogen-bond donors (Lipinski definition) is 1. The van der Waals surface area contributed by atoms with E-state index in [4.69, 9.17) is 23.2 Å². The molecule has 4 nitrogen and oxygen atoms in total. The fourth-order valence-electron chi connectivity index (χ4n) is 2.65. The zero-order valence-corrected chi connectivity index (χ0v) is 12.6. The first-order chi connectivity index (χ1) is 9.65. The molecule has 0 saturated carbocycles. The number of amides is 1. The number of carbonyl (C=O) groups excluding carboxylic acids is 1. The Morgan fingerprint density at radius 2 is 1.85 bits per heavy atom. The normalized spacial score (nSPS) is 20.8. The van der Waals surface area contributed by atoms with Crippen LogP contribution in [0.5, 0.6) is 0 Å². The zero-order valence-electron chi connectivity index (χ0n) is 11.1. The Balaban J connectivity index is 1.65. The van der Waals surface area contributed by atoms with E-state index in [0.717, 1.165) is 39.3 Å². The van der Waals surface area contributed by atoms with E-state index in [0.29, 0.717) is 21.7 Å². The molecule has 0 radical (unpaired) electrons. The summed E-state index contributed by atoms with van der Waals surface area (Å²) in [5.74, 6) is -0.0242. The SMILES string of the molecule is O=C(c1cc(Cl)ccc1Cl)N1CCN(C2CNC2)CC1. The van der Waals surface area contributed by atoms with Crippen molar-refractivity contribution in [2.24, 2.45) is 0 Å². The molecule has 0 unspecified atom stereocenters. The monoisotopic (exact) mass is 313 g/mol. The maximum Gasteiger partial charge on any atom is 0.255 e. The van der Waals surface area contributed by atoms with Gasteiger partial charge < -0.3 is 10.2 Å². The molecule has 6 heteroatoms. The maximum absolute atomic E-state index is 12.5. The number of hydrogen-bond acceptors (Lipinski definition) is 3. The van der Waals surface area contributed by atoms with Crippen LogP contribution in [-0.2, 0) is 0 Å². The lowest BCUT2D eigenvalue weighted by atomic mass is 10.1. The lowest BCUT2D eigenvalue weighted by Gasteiger charge is -2.43. The number of benzene rings is 1. The molecule has 2 heterocycles. The van der Waals surface area contributed by atoms with Crippen LogP contribution in [0.2, 0.25) is 10.0 Å². The van der Waals surface area contributed by atoms with Crippen molar-refractivity contribution in [1.29, 1.82) is 0 Å². The molecule has 0 spiro atoms. The van der Waals surface area contributed by atoms with E-state index in [-0.39, 0.29) is 5.91 Å². The second kappa shape index (κ2) is 5.90. The third-order valence-electron chi connectivity index (χ3n) is 4.04. The molecule has 1 N–H and O–H groups in total. The summed E-state index contributed by atoms with van der Waals surface area (Å²) in [6.45, 7) is 5.48. The van der Waals surface area contributed by atoms with E-state index in [9.17, 15) is 4.79 Å². The van der Waals surface area contributed by atoms with Gasteiger partial charge in [-0.3, -0.25) is 9.69 Å². The lowest BCUT2D eigenvalue weighted by molar-refractivity contribution is 0.0502. The predicted octanol–water partition coefficient (Wildman–Crippen LogP) is 1.72. The first kappa shape index (κ1) is 14.1. The number of carbonyl (C=O) groups is 1. The van der Waals surface area contributed by atoms with Crippen molar-refractivity contribution in [3.8, 4) is 0 Å². The minimum atomic E-state index is -0.0242. The van der Waals surface area contributed by atoms with Crippen molar-refractivity contribution in [2.45, 2.75) is 6.04 Å². The van der Waals surface area contributed by atoms with E-state index >= 15 is 0 Å². The van der Waals surface area contributed by atoms with Crippen molar-refractivity contribution < 1.29 is 4.79 Å². The van der Waals surface area contributed by atoms with Crippen molar-refractivity contribution in [3.63, 3.8) is 0 Å². The molecule has 0 aliphatic carbocycles. The third-order valence-corrected chi connectivity index (χ3v) is 4.60. The van der Waals surface area contributed by atoms with Gasteiger partial charge in [-0.1, -0.05) is 23.2 Å². The van der Waals surface area contributed by atoms with Gasteiger partial charge in [0.1, 0.15) is 0 Å². The van der Waals surface area contributed by atoms with Crippen LogP contribution < -0.4 is 5.32 Å². The largest absolute Gasteiger partial charge is 0.336 e. The number of nitrogens with one attached hydrogen (secondary N) is 1. The van der Waals surface area contributed by atoms with Gasteiger partial charge in [0.2, 0.25) is 0 Å². The molecule has 0 aromatic heterocycles. The Hall–Kier alpha value is -0.810. The van der Waals surface area contributed by atoms with E-state index in [1.165, 1.54) is 0 Å². The van der Waals surface area contributed by atoms with Gasteiger partial charge in [0.15, 0.2) is 0 Å². The molecule has 2 fully saturated rings. The van der Waals surface area contributed by atoms with Crippen LogP contribution in [0.1, 0.15) is 10.4 Å². The van der Waals surface area contributed by atoms with E-state index in [1.807, 2.05) is 4.90 Å². The Morgan fingerprint density at radius 3 is 2.45 bits per heavy atom. The number of halogens is 2. The molecule has 0 bridgehead atoms. The average Bonchev–Trinajstić information content (AvgIpc) is 2.40. The van der Waals surface area contributed by atoms with E-state index < -0.39 is 0 Å². The van der Waals surface area contributed by atoms with Crippen LogP contribution in [-0.4, -0.2) is 61.0 Å². The quantitative estimate of drug-likeness (QED) is 0.903. The molecule has 3 rings (SSSR count). The fourth-order valence-corrected chi connectivity index (χ4v) is 3.02. The molecule has 1 amide bonds. The summed E-state index contributed by atoms with van der Waals surface area (Å²) in [6.07, 6.45) is 0. The molecule has 108 valence electrons. The summed E-state index contributed by atoms with van der Waals surface area (Å²) in [5, 5.41) is 4.28. The van der Waals surface area contributed by atoms with Crippen LogP contribution in [0.15, 0.2) is 18.2 Å². The molecule has 2 aliphatic heterocycles.